The molecule has 1 aliphatic carbocycles. The van der Waals surface area contributed by atoms with Gasteiger partial charge in [0.05, 0.1) is 17.4 Å². The molecule has 2 aliphatic rings. The summed E-state index contributed by atoms with van der Waals surface area (Å²) in [7, 11) is -2.92. The van der Waals surface area contributed by atoms with Crippen molar-refractivity contribution in [3.63, 3.8) is 0 Å². The number of hydrogen-bond acceptors (Lipinski definition) is 4. The zero-order valence-electron chi connectivity index (χ0n) is 11.2. The fourth-order valence-electron chi connectivity index (χ4n) is 3.19. The maximum Gasteiger partial charge on any atom is 0.308 e. The van der Waals surface area contributed by atoms with E-state index in [-0.39, 0.29) is 17.4 Å². The molecule has 0 spiro atoms. The van der Waals surface area contributed by atoms with E-state index in [9.17, 15) is 18.3 Å². The van der Waals surface area contributed by atoms with Crippen LogP contribution in [0.15, 0.2) is 0 Å². The quantitative estimate of drug-likeness (QED) is 0.790. The molecule has 1 saturated carbocycles. The fraction of sp³-hybridized carbons (Fsp3) is 0.923. The maximum atomic E-state index is 11.4. The Morgan fingerprint density at radius 2 is 1.74 bits per heavy atom. The van der Waals surface area contributed by atoms with Crippen molar-refractivity contribution in [1.29, 1.82) is 0 Å². The molecular formula is C13H23NO4S. The molecule has 0 amide bonds. The average molecular weight is 289 g/mol. The molecule has 0 aromatic rings. The molecule has 19 heavy (non-hydrogen) atoms. The van der Waals surface area contributed by atoms with Gasteiger partial charge in [-0.1, -0.05) is 12.8 Å². The van der Waals surface area contributed by atoms with Crippen molar-refractivity contribution in [2.75, 3.05) is 18.1 Å². The molecular weight excluding hydrogens is 266 g/mol. The van der Waals surface area contributed by atoms with Gasteiger partial charge in [-0.25, -0.2) is 8.42 Å². The Hall–Kier alpha value is -0.620. The Morgan fingerprint density at radius 3 is 2.26 bits per heavy atom. The second-order valence-corrected chi connectivity index (χ2v) is 8.13. The van der Waals surface area contributed by atoms with Crippen LogP contribution in [0.1, 0.15) is 38.5 Å². The molecule has 0 aromatic heterocycles. The number of rotatable bonds is 5. The molecule has 2 fully saturated rings. The van der Waals surface area contributed by atoms with E-state index in [1.807, 2.05) is 0 Å². The lowest BCUT2D eigenvalue weighted by molar-refractivity contribution is -0.143. The molecule has 1 aliphatic heterocycles. The fourth-order valence-corrected chi connectivity index (χ4v) is 4.72. The maximum absolute atomic E-state index is 11.4. The highest BCUT2D eigenvalue weighted by atomic mass is 32.2. The van der Waals surface area contributed by atoms with E-state index in [1.54, 1.807) is 0 Å². The van der Waals surface area contributed by atoms with Crippen molar-refractivity contribution >= 4 is 15.8 Å². The van der Waals surface area contributed by atoms with E-state index < -0.39 is 21.7 Å². The normalized spacial score (nSPS) is 26.3. The van der Waals surface area contributed by atoms with Gasteiger partial charge in [0.25, 0.3) is 0 Å². The van der Waals surface area contributed by atoms with Crippen LogP contribution in [0.2, 0.25) is 0 Å². The van der Waals surface area contributed by atoms with Gasteiger partial charge < -0.3 is 10.4 Å². The first kappa shape index (κ1) is 14.8. The predicted molar refractivity (Wildman–Crippen MR) is 72.8 cm³/mol. The molecule has 2 rings (SSSR count). The Morgan fingerprint density at radius 1 is 1.16 bits per heavy atom. The molecule has 0 bridgehead atoms. The number of hydrogen-bond donors (Lipinski definition) is 2. The van der Waals surface area contributed by atoms with Crippen LogP contribution in [-0.4, -0.2) is 43.6 Å². The largest absolute Gasteiger partial charge is 0.481 e. The second-order valence-electron chi connectivity index (χ2n) is 5.82. The summed E-state index contributed by atoms with van der Waals surface area (Å²) in [5.41, 5.74) is 0. The van der Waals surface area contributed by atoms with E-state index in [2.05, 4.69) is 5.32 Å². The summed E-state index contributed by atoms with van der Waals surface area (Å²) in [4.78, 5) is 11.4. The minimum absolute atomic E-state index is 0.00470. The van der Waals surface area contributed by atoms with Crippen molar-refractivity contribution in [2.45, 2.75) is 44.6 Å². The predicted octanol–water partition coefficient (Wildman–Crippen LogP) is 1.04. The molecule has 1 saturated heterocycles. The lowest BCUT2D eigenvalue weighted by Gasteiger charge is -2.28. The van der Waals surface area contributed by atoms with Crippen molar-refractivity contribution in [3.8, 4) is 0 Å². The minimum Gasteiger partial charge on any atom is -0.481 e. The van der Waals surface area contributed by atoms with Gasteiger partial charge in [-0.05, 0) is 31.6 Å². The summed E-state index contributed by atoms with van der Waals surface area (Å²) >= 11 is 0. The summed E-state index contributed by atoms with van der Waals surface area (Å²) in [5.74, 6) is -0.962. The van der Waals surface area contributed by atoms with Gasteiger partial charge in [0.1, 0.15) is 9.84 Å². The molecule has 0 radical (unpaired) electrons. The number of carbonyl (C=O) groups is 1. The molecule has 0 aromatic carbocycles. The molecule has 2 N–H and O–H groups in total. The van der Waals surface area contributed by atoms with Crippen LogP contribution in [0.5, 0.6) is 0 Å². The van der Waals surface area contributed by atoms with Crippen LogP contribution in [0.25, 0.3) is 0 Å². The van der Waals surface area contributed by atoms with Crippen molar-refractivity contribution in [1.82, 2.24) is 5.32 Å². The van der Waals surface area contributed by atoms with Gasteiger partial charge in [-0.2, -0.15) is 0 Å². The second kappa shape index (κ2) is 6.22. The Bertz CT molecular complexity index is 400. The van der Waals surface area contributed by atoms with Crippen molar-refractivity contribution < 1.29 is 18.3 Å². The molecule has 110 valence electrons. The summed E-state index contributed by atoms with van der Waals surface area (Å²) in [6.07, 6.45) is 5.68. The van der Waals surface area contributed by atoms with E-state index in [0.717, 1.165) is 12.8 Å². The van der Waals surface area contributed by atoms with Crippen LogP contribution >= 0.6 is 0 Å². The first-order valence-corrected chi connectivity index (χ1v) is 8.97. The number of carboxylic acid groups (broad SMARTS) is 1. The lowest BCUT2D eigenvalue weighted by atomic mass is 9.87. The zero-order valence-corrected chi connectivity index (χ0v) is 12.0. The van der Waals surface area contributed by atoms with Gasteiger partial charge in [0.2, 0.25) is 0 Å². The molecule has 5 nitrogen and oxygen atoms in total. The first-order valence-electron chi connectivity index (χ1n) is 7.14. The van der Waals surface area contributed by atoms with Gasteiger partial charge >= 0.3 is 5.97 Å². The number of nitrogens with one attached hydrogen (secondary N) is 1. The minimum atomic E-state index is -2.92. The van der Waals surface area contributed by atoms with Crippen LogP contribution in [-0.2, 0) is 14.6 Å². The average Bonchev–Trinajstić information content (AvgIpc) is 2.84. The van der Waals surface area contributed by atoms with E-state index in [1.165, 1.54) is 12.8 Å². The van der Waals surface area contributed by atoms with Gasteiger partial charge in [-0.3, -0.25) is 4.79 Å². The first-order chi connectivity index (χ1) is 8.98. The summed E-state index contributed by atoms with van der Waals surface area (Å²) in [6, 6.07) is 0.453. The van der Waals surface area contributed by atoms with Crippen molar-refractivity contribution in [3.05, 3.63) is 0 Å². The lowest BCUT2D eigenvalue weighted by Crippen LogP contribution is -2.40. The number of sulfone groups is 1. The third kappa shape index (κ3) is 4.18. The Kier molecular flexibility index (Phi) is 4.84. The Balaban J connectivity index is 1.87. The number of aliphatic carboxylic acids is 1. The molecule has 1 atom stereocenters. The topological polar surface area (TPSA) is 83.5 Å². The van der Waals surface area contributed by atoms with Crippen LogP contribution in [0.3, 0.4) is 0 Å². The molecule has 6 heteroatoms. The summed E-state index contributed by atoms with van der Waals surface area (Å²) < 4.78 is 22.8. The van der Waals surface area contributed by atoms with E-state index in [4.69, 9.17) is 0 Å². The standard InChI is InChI=1S/C13H23NO4S/c15-13(16)12(9-14-11-3-1-2-4-11)10-5-7-19(17,18)8-6-10/h10-12,14H,1-9H2,(H,15,16). The molecule has 1 heterocycles. The third-order valence-corrected chi connectivity index (χ3v) is 6.18. The highest BCUT2D eigenvalue weighted by molar-refractivity contribution is 7.91. The van der Waals surface area contributed by atoms with E-state index >= 15 is 0 Å². The van der Waals surface area contributed by atoms with Gasteiger partial charge in [-0.15, -0.1) is 0 Å². The van der Waals surface area contributed by atoms with E-state index in [0.29, 0.717) is 25.4 Å². The smallest absolute Gasteiger partial charge is 0.308 e. The van der Waals surface area contributed by atoms with Crippen LogP contribution < -0.4 is 5.32 Å². The monoisotopic (exact) mass is 289 g/mol. The van der Waals surface area contributed by atoms with Gasteiger partial charge in [0, 0.05) is 12.6 Å². The Labute approximate surface area is 114 Å². The molecule has 1 unspecified atom stereocenters. The summed E-state index contributed by atoms with van der Waals surface area (Å²) in [6.45, 7) is 0.477. The highest BCUT2D eigenvalue weighted by Crippen LogP contribution is 2.27. The zero-order chi connectivity index (χ0) is 13.9. The summed E-state index contributed by atoms with van der Waals surface area (Å²) in [5, 5.41) is 12.7. The number of carboxylic acids is 1. The van der Waals surface area contributed by atoms with Crippen molar-refractivity contribution in [2.24, 2.45) is 11.8 Å². The SMILES string of the molecule is O=C(O)C(CNC1CCCC1)C1CCS(=O)(=O)CC1. The van der Waals surface area contributed by atoms with Crippen LogP contribution in [0, 0.1) is 11.8 Å². The third-order valence-electron chi connectivity index (χ3n) is 4.47. The highest BCUT2D eigenvalue weighted by Gasteiger charge is 2.33. The van der Waals surface area contributed by atoms with Gasteiger partial charge in [0.15, 0.2) is 0 Å². The van der Waals surface area contributed by atoms with Crippen LogP contribution in [0.4, 0.5) is 0 Å².